The van der Waals surface area contributed by atoms with E-state index >= 15 is 0 Å². The molecular formula is C19H27BrCl3N3OS. The summed E-state index contributed by atoms with van der Waals surface area (Å²) in [5.41, 5.74) is 0.768. The van der Waals surface area contributed by atoms with Crippen LogP contribution in [-0.4, -0.2) is 21.0 Å². The number of anilines is 1. The van der Waals surface area contributed by atoms with Crippen molar-refractivity contribution in [1.29, 1.82) is 0 Å². The van der Waals surface area contributed by atoms with Crippen LogP contribution in [0.4, 0.5) is 5.69 Å². The lowest BCUT2D eigenvalue weighted by molar-refractivity contribution is -0.122. The third-order valence-electron chi connectivity index (χ3n) is 4.00. The van der Waals surface area contributed by atoms with E-state index < -0.39 is 9.96 Å². The zero-order valence-corrected chi connectivity index (χ0v) is 20.5. The summed E-state index contributed by atoms with van der Waals surface area (Å²) in [4.78, 5) is 12.2. The van der Waals surface area contributed by atoms with Gasteiger partial charge in [-0.25, -0.2) is 0 Å². The highest BCUT2D eigenvalue weighted by Crippen LogP contribution is 2.29. The molecule has 9 heteroatoms. The minimum atomic E-state index is -1.75. The molecule has 0 aliphatic rings. The van der Waals surface area contributed by atoms with Gasteiger partial charge in [-0.3, -0.25) is 4.79 Å². The van der Waals surface area contributed by atoms with Gasteiger partial charge in [0, 0.05) is 16.6 Å². The van der Waals surface area contributed by atoms with Crippen LogP contribution in [0.3, 0.4) is 0 Å². The van der Waals surface area contributed by atoms with Gasteiger partial charge in [0.25, 0.3) is 0 Å². The largest absolute Gasteiger partial charge is 0.339 e. The standard InChI is InChI=1S/C19H27BrCl3N3OS/c1-2-3-4-5-6-7-8-12-16(27)25-17(19(21,22)23)26-18(28)24-15-11-9-10-14(20)13-15/h9-11,13,17H,2-8,12H2,1H3,(H,25,27)(H2,24,26,28)/t17-/m1/s1. The summed E-state index contributed by atoms with van der Waals surface area (Å²) in [6.45, 7) is 2.19. The molecule has 0 bridgehead atoms. The maximum absolute atomic E-state index is 12.2. The van der Waals surface area contributed by atoms with Crippen molar-refractivity contribution in [2.75, 3.05) is 5.32 Å². The molecule has 0 aliphatic heterocycles. The predicted octanol–water partition coefficient (Wildman–Crippen LogP) is 6.69. The molecule has 1 atom stereocenters. The van der Waals surface area contributed by atoms with Crippen molar-refractivity contribution in [3.8, 4) is 0 Å². The monoisotopic (exact) mass is 529 g/mol. The Bertz CT molecular complexity index is 629. The van der Waals surface area contributed by atoms with Gasteiger partial charge in [0.05, 0.1) is 0 Å². The number of rotatable bonds is 11. The third-order valence-corrected chi connectivity index (χ3v) is 5.37. The fraction of sp³-hybridized carbons (Fsp3) is 0.579. The van der Waals surface area contributed by atoms with Crippen molar-refractivity contribution in [2.24, 2.45) is 0 Å². The predicted molar refractivity (Wildman–Crippen MR) is 128 cm³/mol. The van der Waals surface area contributed by atoms with E-state index in [1.165, 1.54) is 25.7 Å². The third kappa shape index (κ3) is 11.7. The first kappa shape index (κ1) is 25.8. The molecule has 0 radical (unpaired) electrons. The van der Waals surface area contributed by atoms with E-state index in [0.717, 1.165) is 29.4 Å². The number of amides is 1. The van der Waals surface area contributed by atoms with Crippen LogP contribution in [0.1, 0.15) is 58.3 Å². The number of thiocarbonyl (C=S) groups is 1. The lowest BCUT2D eigenvalue weighted by Gasteiger charge is -2.27. The highest BCUT2D eigenvalue weighted by Gasteiger charge is 2.34. The van der Waals surface area contributed by atoms with Crippen LogP contribution in [0, 0.1) is 0 Å². The Morgan fingerprint density at radius 3 is 2.36 bits per heavy atom. The van der Waals surface area contributed by atoms with E-state index in [1.54, 1.807) is 0 Å². The summed E-state index contributed by atoms with van der Waals surface area (Å²) >= 11 is 26.7. The molecule has 0 aliphatic carbocycles. The molecule has 0 unspecified atom stereocenters. The minimum Gasteiger partial charge on any atom is -0.339 e. The Labute approximate surface area is 196 Å². The van der Waals surface area contributed by atoms with Gasteiger partial charge in [0.2, 0.25) is 9.70 Å². The lowest BCUT2D eigenvalue weighted by Crippen LogP contribution is -2.56. The second-order valence-electron chi connectivity index (χ2n) is 6.52. The highest BCUT2D eigenvalue weighted by molar-refractivity contribution is 9.10. The van der Waals surface area contributed by atoms with Crippen molar-refractivity contribution in [3.05, 3.63) is 28.7 Å². The highest BCUT2D eigenvalue weighted by atomic mass is 79.9. The zero-order valence-electron chi connectivity index (χ0n) is 15.9. The molecule has 28 heavy (non-hydrogen) atoms. The van der Waals surface area contributed by atoms with Gasteiger partial charge in [-0.2, -0.15) is 0 Å². The van der Waals surface area contributed by atoms with E-state index in [0.29, 0.717) is 6.42 Å². The zero-order chi connectivity index (χ0) is 21.0. The molecule has 0 spiro atoms. The molecular weight excluding hydrogens is 505 g/mol. The molecule has 0 saturated carbocycles. The Hall–Kier alpha value is -0.270. The van der Waals surface area contributed by atoms with Crippen LogP contribution in [0.5, 0.6) is 0 Å². The summed E-state index contributed by atoms with van der Waals surface area (Å²) in [5.74, 6) is -0.178. The quantitative estimate of drug-likeness (QED) is 0.129. The molecule has 0 fully saturated rings. The van der Waals surface area contributed by atoms with Crippen LogP contribution in [0.2, 0.25) is 0 Å². The fourth-order valence-corrected chi connectivity index (χ4v) is 3.50. The molecule has 1 amide bonds. The number of nitrogens with one attached hydrogen (secondary N) is 3. The molecule has 3 N–H and O–H groups in total. The summed E-state index contributed by atoms with van der Waals surface area (Å²) in [6.07, 6.45) is 7.38. The Balaban J connectivity index is 2.43. The van der Waals surface area contributed by atoms with Gasteiger partial charge in [0.1, 0.15) is 6.17 Å². The second kappa shape index (κ2) is 13.9. The Morgan fingerprint density at radius 1 is 1.11 bits per heavy atom. The van der Waals surface area contributed by atoms with E-state index in [-0.39, 0.29) is 11.0 Å². The van der Waals surface area contributed by atoms with Crippen molar-refractivity contribution < 1.29 is 4.79 Å². The van der Waals surface area contributed by atoms with Crippen molar-refractivity contribution in [2.45, 2.75) is 68.2 Å². The van der Waals surface area contributed by atoms with Crippen LogP contribution >= 0.6 is 63.0 Å². The number of alkyl halides is 3. The second-order valence-corrected chi connectivity index (χ2v) is 10.2. The maximum Gasteiger partial charge on any atom is 0.228 e. The average Bonchev–Trinajstić information content (AvgIpc) is 2.59. The SMILES string of the molecule is CCCCCCCCCC(=O)N[C@H](NC(=S)Nc1cccc(Br)c1)C(Cl)(Cl)Cl. The maximum atomic E-state index is 12.2. The van der Waals surface area contributed by atoms with E-state index in [1.807, 2.05) is 24.3 Å². The number of hydrogen-bond acceptors (Lipinski definition) is 2. The van der Waals surface area contributed by atoms with Gasteiger partial charge in [-0.05, 0) is 36.8 Å². The molecule has 158 valence electrons. The molecule has 1 aromatic rings. The van der Waals surface area contributed by atoms with Crippen molar-refractivity contribution >= 4 is 79.7 Å². The number of carbonyl (C=O) groups excluding carboxylic acids is 1. The molecule has 0 saturated heterocycles. The smallest absolute Gasteiger partial charge is 0.228 e. The van der Waals surface area contributed by atoms with Gasteiger partial charge in [0.15, 0.2) is 5.11 Å². The molecule has 0 heterocycles. The van der Waals surface area contributed by atoms with E-state index in [2.05, 4.69) is 38.8 Å². The van der Waals surface area contributed by atoms with Gasteiger partial charge >= 0.3 is 0 Å². The fourth-order valence-electron chi connectivity index (χ4n) is 2.54. The minimum absolute atomic E-state index is 0.178. The number of carbonyl (C=O) groups is 1. The summed E-state index contributed by atoms with van der Waals surface area (Å²) in [6, 6.07) is 7.47. The molecule has 0 aromatic heterocycles. The average molecular weight is 532 g/mol. The summed E-state index contributed by atoms with van der Waals surface area (Å²) in [5, 5.41) is 8.81. The van der Waals surface area contributed by atoms with Crippen LogP contribution < -0.4 is 16.0 Å². The first-order valence-electron chi connectivity index (χ1n) is 9.41. The first-order chi connectivity index (χ1) is 13.2. The lowest BCUT2D eigenvalue weighted by atomic mass is 10.1. The number of hydrogen-bond donors (Lipinski definition) is 3. The Kier molecular flexibility index (Phi) is 12.8. The van der Waals surface area contributed by atoms with E-state index in [4.69, 9.17) is 47.0 Å². The van der Waals surface area contributed by atoms with Gasteiger partial charge < -0.3 is 16.0 Å². The topological polar surface area (TPSA) is 53.2 Å². The van der Waals surface area contributed by atoms with Crippen molar-refractivity contribution in [1.82, 2.24) is 10.6 Å². The van der Waals surface area contributed by atoms with Crippen LogP contribution in [0.15, 0.2) is 28.7 Å². The van der Waals surface area contributed by atoms with Gasteiger partial charge in [-0.1, -0.05) is 102 Å². The van der Waals surface area contributed by atoms with Crippen LogP contribution in [0.25, 0.3) is 0 Å². The number of benzene rings is 1. The molecule has 1 aromatic carbocycles. The normalized spacial score (nSPS) is 12.3. The number of halogens is 4. The Morgan fingerprint density at radius 2 is 1.75 bits per heavy atom. The molecule has 1 rings (SSSR count). The number of unbranched alkanes of at least 4 members (excludes halogenated alkanes) is 6. The molecule has 4 nitrogen and oxygen atoms in total. The summed E-state index contributed by atoms with van der Waals surface area (Å²) in [7, 11) is 0. The summed E-state index contributed by atoms with van der Waals surface area (Å²) < 4.78 is -0.847. The van der Waals surface area contributed by atoms with Gasteiger partial charge in [-0.15, -0.1) is 0 Å². The van der Waals surface area contributed by atoms with E-state index in [9.17, 15) is 4.79 Å². The van der Waals surface area contributed by atoms with Crippen molar-refractivity contribution in [3.63, 3.8) is 0 Å². The first-order valence-corrected chi connectivity index (χ1v) is 11.7. The van der Waals surface area contributed by atoms with Crippen LogP contribution in [-0.2, 0) is 4.79 Å².